The summed E-state index contributed by atoms with van der Waals surface area (Å²) in [5.74, 6) is 0. The van der Waals surface area contributed by atoms with Gasteiger partial charge in [0.1, 0.15) is 0 Å². The van der Waals surface area contributed by atoms with E-state index >= 15 is 0 Å². The predicted octanol–water partition coefficient (Wildman–Crippen LogP) is 11.1. The monoisotopic (exact) mass is 532 g/mol. The van der Waals surface area contributed by atoms with Crippen molar-refractivity contribution >= 4 is 27.6 Å². The summed E-state index contributed by atoms with van der Waals surface area (Å²) in [6, 6.07) is 49.3. The van der Waals surface area contributed by atoms with Crippen LogP contribution < -0.4 is 0 Å². The summed E-state index contributed by atoms with van der Waals surface area (Å²) in [4.78, 5) is 0. The topological polar surface area (TPSA) is 0 Å². The Morgan fingerprint density at radius 1 is 0.405 bits per heavy atom. The highest BCUT2D eigenvalue weighted by Crippen LogP contribution is 2.51. The predicted molar refractivity (Wildman–Crippen MR) is 179 cm³/mol. The van der Waals surface area contributed by atoms with Crippen molar-refractivity contribution in [3.8, 4) is 44.5 Å². The summed E-state index contributed by atoms with van der Waals surface area (Å²) in [5.41, 5.74) is 16.4. The van der Waals surface area contributed by atoms with Crippen molar-refractivity contribution in [2.24, 2.45) is 0 Å². The fourth-order valence-corrected chi connectivity index (χ4v) is 7.56. The van der Waals surface area contributed by atoms with Gasteiger partial charge in [0.2, 0.25) is 0 Å². The molecular formula is C42H28. The highest BCUT2D eigenvalue weighted by Gasteiger charge is 2.29. The fraction of sp³-hybridized carbons (Fsp3) is 0.0476. The first-order valence-electron chi connectivity index (χ1n) is 14.9. The van der Waals surface area contributed by atoms with Crippen LogP contribution in [0.5, 0.6) is 0 Å². The van der Waals surface area contributed by atoms with Crippen molar-refractivity contribution in [1.82, 2.24) is 0 Å². The van der Waals surface area contributed by atoms with Crippen molar-refractivity contribution in [3.05, 3.63) is 162 Å². The maximum absolute atomic E-state index is 2.51. The average molecular weight is 533 g/mol. The minimum absolute atomic E-state index is 0.975. The summed E-state index contributed by atoms with van der Waals surface area (Å²) in [5, 5.41) is 5.24. The third-order valence-electron chi connectivity index (χ3n) is 9.32. The molecule has 0 unspecified atom stereocenters. The van der Waals surface area contributed by atoms with Crippen LogP contribution in [0.1, 0.15) is 22.3 Å². The molecule has 0 radical (unpaired) electrons. The lowest BCUT2D eigenvalue weighted by Gasteiger charge is -2.22. The van der Waals surface area contributed by atoms with Crippen LogP contribution in [0.3, 0.4) is 0 Å². The van der Waals surface area contributed by atoms with Gasteiger partial charge in [0.15, 0.2) is 0 Å². The summed E-state index contributed by atoms with van der Waals surface area (Å²) in [6.45, 7) is 0. The quantitative estimate of drug-likeness (QED) is 0.199. The highest BCUT2D eigenvalue weighted by atomic mass is 14.3. The van der Waals surface area contributed by atoms with Gasteiger partial charge in [-0.15, -0.1) is 0 Å². The van der Waals surface area contributed by atoms with E-state index in [9.17, 15) is 0 Å². The number of rotatable bonds is 3. The van der Waals surface area contributed by atoms with E-state index in [4.69, 9.17) is 0 Å². The Labute approximate surface area is 246 Å². The lowest BCUT2D eigenvalue weighted by molar-refractivity contribution is 1.24. The lowest BCUT2D eigenvalue weighted by Crippen LogP contribution is -1.97. The molecule has 0 amide bonds. The van der Waals surface area contributed by atoms with Gasteiger partial charge in [-0.2, -0.15) is 0 Å². The molecule has 0 heterocycles. The van der Waals surface area contributed by atoms with Crippen LogP contribution >= 0.6 is 0 Å². The molecule has 0 bridgehead atoms. The largest absolute Gasteiger partial charge is 0.0795 e. The Morgan fingerprint density at radius 2 is 0.952 bits per heavy atom. The number of allylic oxidation sites excluding steroid dienone is 1. The molecule has 2 aliphatic carbocycles. The van der Waals surface area contributed by atoms with Crippen LogP contribution in [0.2, 0.25) is 0 Å². The molecule has 0 saturated heterocycles. The summed E-state index contributed by atoms with van der Waals surface area (Å²) >= 11 is 0. The van der Waals surface area contributed by atoms with E-state index < -0.39 is 0 Å². The van der Waals surface area contributed by atoms with Gasteiger partial charge in [-0.3, -0.25) is 0 Å². The van der Waals surface area contributed by atoms with E-state index in [1.165, 1.54) is 88.3 Å². The number of hydrogen-bond acceptors (Lipinski definition) is 0. The molecular weight excluding hydrogens is 504 g/mol. The maximum atomic E-state index is 2.51. The Bertz CT molecular complexity index is 2170. The molecule has 0 atom stereocenters. The molecule has 0 saturated carbocycles. The Hall–Kier alpha value is -5.20. The van der Waals surface area contributed by atoms with Crippen LogP contribution in [-0.4, -0.2) is 0 Å². The highest BCUT2D eigenvalue weighted by molar-refractivity contribution is 6.23. The molecule has 0 aromatic heterocycles. The second-order valence-corrected chi connectivity index (χ2v) is 11.5. The minimum atomic E-state index is 0.975. The zero-order valence-corrected chi connectivity index (χ0v) is 23.3. The van der Waals surface area contributed by atoms with Gasteiger partial charge in [-0.25, -0.2) is 0 Å². The van der Waals surface area contributed by atoms with Crippen LogP contribution in [-0.2, 0) is 12.8 Å². The normalized spacial score (nSPS) is 13.0. The van der Waals surface area contributed by atoms with Crippen LogP contribution in [0.4, 0.5) is 0 Å². The van der Waals surface area contributed by atoms with E-state index in [1.807, 2.05) is 0 Å². The van der Waals surface area contributed by atoms with Crippen LogP contribution in [0, 0.1) is 0 Å². The molecule has 42 heavy (non-hydrogen) atoms. The summed E-state index contributed by atoms with van der Waals surface area (Å²) in [6.07, 6.45) is 6.65. The first-order chi connectivity index (χ1) is 20.9. The minimum Gasteiger partial charge on any atom is -0.0795 e. The van der Waals surface area contributed by atoms with E-state index in [1.54, 1.807) is 0 Å². The zero-order chi connectivity index (χ0) is 27.6. The van der Waals surface area contributed by atoms with Crippen LogP contribution in [0.15, 0.2) is 140 Å². The third kappa shape index (κ3) is 3.36. The van der Waals surface area contributed by atoms with Crippen molar-refractivity contribution in [2.45, 2.75) is 12.8 Å². The summed E-state index contributed by atoms with van der Waals surface area (Å²) < 4.78 is 0. The van der Waals surface area contributed by atoms with Gasteiger partial charge < -0.3 is 0 Å². The lowest BCUT2D eigenvalue weighted by atomic mass is 9.81. The molecule has 7 aromatic rings. The van der Waals surface area contributed by atoms with Gasteiger partial charge in [0.05, 0.1) is 0 Å². The van der Waals surface area contributed by atoms with Gasteiger partial charge in [0, 0.05) is 0 Å². The average Bonchev–Trinajstić information content (AvgIpc) is 3.68. The standard InChI is InChI=1S/C42H28/c1-2-13-27(14-3-1)30-17-6-7-19-33(30)41-34-20-8-10-22-36(34)42(37-23-11-9-21-35(37)41)39-26-29-16-12-24-32(29)40-31-18-5-4-15-28(31)25-38(39)40/h1-15,17-24,26H,16,25H2. The number of hydrogen-bond donors (Lipinski definition) is 0. The van der Waals surface area contributed by atoms with Crippen molar-refractivity contribution in [1.29, 1.82) is 0 Å². The number of benzene rings is 7. The third-order valence-corrected chi connectivity index (χ3v) is 9.32. The molecule has 0 aliphatic heterocycles. The second kappa shape index (κ2) is 9.16. The van der Waals surface area contributed by atoms with E-state index in [0.29, 0.717) is 0 Å². The van der Waals surface area contributed by atoms with Crippen molar-refractivity contribution < 1.29 is 0 Å². The Balaban J connectivity index is 1.41. The SMILES string of the molecule is C1=Cc2c(cc(-c3c4ccccc4c(-c4ccccc4-c4ccccc4)c4ccccc34)c3c2-c2ccccc2C3)C1. The first kappa shape index (κ1) is 23.5. The van der Waals surface area contributed by atoms with Gasteiger partial charge >= 0.3 is 0 Å². The molecule has 9 rings (SSSR count). The molecule has 7 aromatic carbocycles. The zero-order valence-electron chi connectivity index (χ0n) is 23.3. The van der Waals surface area contributed by atoms with Gasteiger partial charge in [-0.05, 0) is 107 Å². The molecule has 0 N–H and O–H groups in total. The molecule has 196 valence electrons. The fourth-order valence-electron chi connectivity index (χ4n) is 7.56. The first-order valence-corrected chi connectivity index (χ1v) is 14.9. The number of fused-ring (bicyclic) bond motifs is 7. The molecule has 0 heteroatoms. The Kier molecular flexibility index (Phi) is 5.12. The molecule has 0 spiro atoms. The Morgan fingerprint density at radius 3 is 1.64 bits per heavy atom. The molecule has 0 nitrogen and oxygen atoms in total. The summed E-state index contributed by atoms with van der Waals surface area (Å²) in [7, 11) is 0. The smallest absolute Gasteiger partial charge is 0.000705 e. The van der Waals surface area contributed by atoms with E-state index in [-0.39, 0.29) is 0 Å². The van der Waals surface area contributed by atoms with Crippen molar-refractivity contribution in [2.75, 3.05) is 0 Å². The van der Waals surface area contributed by atoms with Gasteiger partial charge in [-0.1, -0.05) is 140 Å². The van der Waals surface area contributed by atoms with Crippen molar-refractivity contribution in [3.63, 3.8) is 0 Å². The van der Waals surface area contributed by atoms with Crippen LogP contribution in [0.25, 0.3) is 72.1 Å². The van der Waals surface area contributed by atoms with Gasteiger partial charge in [0.25, 0.3) is 0 Å². The second-order valence-electron chi connectivity index (χ2n) is 11.5. The van der Waals surface area contributed by atoms with E-state index in [2.05, 4.69) is 146 Å². The maximum Gasteiger partial charge on any atom is -0.000705 e. The van der Waals surface area contributed by atoms with E-state index in [0.717, 1.165) is 12.8 Å². The molecule has 0 fully saturated rings. The molecule has 2 aliphatic rings.